The Morgan fingerprint density at radius 2 is 1.94 bits per heavy atom. The summed E-state index contributed by atoms with van der Waals surface area (Å²) in [4.78, 5) is 10.8. The van der Waals surface area contributed by atoms with Gasteiger partial charge in [-0.15, -0.1) is 0 Å². The minimum absolute atomic E-state index is 0.433. The van der Waals surface area contributed by atoms with Crippen molar-refractivity contribution in [2.75, 3.05) is 7.11 Å². The van der Waals surface area contributed by atoms with Crippen LogP contribution in [0.3, 0.4) is 0 Å². The summed E-state index contributed by atoms with van der Waals surface area (Å²) in [6.07, 6.45) is -4.88. The number of halogens is 3. The number of amides is 1. The predicted octanol–water partition coefficient (Wildman–Crippen LogP) is 2.43. The lowest BCUT2D eigenvalue weighted by Crippen LogP contribution is -2.38. The van der Waals surface area contributed by atoms with E-state index in [9.17, 15) is 18.0 Å². The maximum Gasteiger partial charge on any atom is 0.471 e. The first-order chi connectivity index (χ1) is 7.86. The smallest absolute Gasteiger partial charge is 0.471 e. The van der Waals surface area contributed by atoms with Gasteiger partial charge < -0.3 is 10.1 Å². The second-order valence-electron chi connectivity index (χ2n) is 3.43. The highest BCUT2D eigenvalue weighted by atomic mass is 19.4. The van der Waals surface area contributed by atoms with Crippen LogP contribution in [0, 0.1) is 0 Å². The standard InChI is InChI=1S/C11H12F3NO2/c1-7(15-10(16)11(12,13)14)8-5-3-4-6-9(8)17-2/h3-7H,1-2H3,(H,15,16). The number of alkyl halides is 3. The van der Waals surface area contributed by atoms with E-state index in [0.29, 0.717) is 11.3 Å². The molecule has 0 aliphatic carbocycles. The fraction of sp³-hybridized carbons (Fsp3) is 0.364. The van der Waals surface area contributed by atoms with Gasteiger partial charge in [0.2, 0.25) is 0 Å². The molecule has 6 heteroatoms. The molecule has 94 valence electrons. The molecule has 0 aliphatic rings. The van der Waals surface area contributed by atoms with Gasteiger partial charge in [-0.05, 0) is 13.0 Å². The van der Waals surface area contributed by atoms with E-state index in [1.165, 1.54) is 14.0 Å². The molecule has 0 radical (unpaired) electrons. The first kappa shape index (κ1) is 13.3. The van der Waals surface area contributed by atoms with Gasteiger partial charge in [0.05, 0.1) is 13.2 Å². The molecule has 1 atom stereocenters. The molecule has 1 unspecified atom stereocenters. The Kier molecular flexibility index (Phi) is 3.98. The van der Waals surface area contributed by atoms with Crippen LogP contribution >= 0.6 is 0 Å². The number of hydrogen-bond donors (Lipinski definition) is 1. The molecule has 1 aromatic rings. The monoisotopic (exact) mass is 247 g/mol. The molecule has 17 heavy (non-hydrogen) atoms. The number of para-hydroxylation sites is 1. The number of ether oxygens (including phenoxy) is 1. The Bertz CT molecular complexity index is 404. The Morgan fingerprint density at radius 3 is 2.47 bits per heavy atom. The zero-order chi connectivity index (χ0) is 13.1. The van der Waals surface area contributed by atoms with Gasteiger partial charge in [0.25, 0.3) is 0 Å². The lowest BCUT2D eigenvalue weighted by atomic mass is 10.1. The minimum Gasteiger partial charge on any atom is -0.496 e. The van der Waals surface area contributed by atoms with Crippen molar-refractivity contribution in [1.82, 2.24) is 5.32 Å². The molecule has 1 aromatic carbocycles. The van der Waals surface area contributed by atoms with E-state index in [1.807, 2.05) is 5.32 Å². The van der Waals surface area contributed by atoms with Gasteiger partial charge in [-0.3, -0.25) is 4.79 Å². The largest absolute Gasteiger partial charge is 0.496 e. The third-order valence-corrected chi connectivity index (χ3v) is 2.21. The van der Waals surface area contributed by atoms with Crippen LogP contribution in [-0.4, -0.2) is 19.2 Å². The maximum atomic E-state index is 12.1. The molecular weight excluding hydrogens is 235 g/mol. The van der Waals surface area contributed by atoms with Gasteiger partial charge in [0, 0.05) is 5.56 Å². The van der Waals surface area contributed by atoms with Gasteiger partial charge in [0.1, 0.15) is 5.75 Å². The van der Waals surface area contributed by atoms with E-state index < -0.39 is 18.1 Å². The Balaban J connectivity index is 2.83. The molecular formula is C11H12F3NO2. The van der Waals surface area contributed by atoms with Crippen LogP contribution in [0.5, 0.6) is 5.75 Å². The van der Waals surface area contributed by atoms with Crippen LogP contribution in [0.1, 0.15) is 18.5 Å². The van der Waals surface area contributed by atoms with Crippen LogP contribution in [0.25, 0.3) is 0 Å². The third-order valence-electron chi connectivity index (χ3n) is 2.21. The zero-order valence-corrected chi connectivity index (χ0v) is 9.34. The van der Waals surface area contributed by atoms with Crippen molar-refractivity contribution in [2.24, 2.45) is 0 Å². The normalized spacial score (nSPS) is 13.0. The van der Waals surface area contributed by atoms with E-state index in [4.69, 9.17) is 4.74 Å². The van der Waals surface area contributed by atoms with E-state index in [0.717, 1.165) is 0 Å². The first-order valence-electron chi connectivity index (χ1n) is 4.87. The highest BCUT2D eigenvalue weighted by Gasteiger charge is 2.39. The van der Waals surface area contributed by atoms with Gasteiger partial charge in [-0.25, -0.2) is 0 Å². The Hall–Kier alpha value is -1.72. The number of methoxy groups -OCH3 is 1. The van der Waals surface area contributed by atoms with Gasteiger partial charge in [-0.2, -0.15) is 13.2 Å². The molecule has 3 nitrogen and oxygen atoms in total. The molecule has 0 saturated heterocycles. The Morgan fingerprint density at radius 1 is 1.35 bits per heavy atom. The van der Waals surface area contributed by atoms with Crippen molar-refractivity contribution < 1.29 is 22.7 Å². The van der Waals surface area contributed by atoms with Crippen LogP contribution in [-0.2, 0) is 4.79 Å². The van der Waals surface area contributed by atoms with Crippen molar-refractivity contribution >= 4 is 5.91 Å². The second kappa shape index (κ2) is 5.07. The number of hydrogen-bond acceptors (Lipinski definition) is 2. The van der Waals surface area contributed by atoms with Gasteiger partial charge in [0.15, 0.2) is 0 Å². The molecule has 0 bridgehead atoms. The summed E-state index contributed by atoms with van der Waals surface area (Å²) < 4.78 is 41.2. The van der Waals surface area contributed by atoms with Crippen LogP contribution < -0.4 is 10.1 Å². The Labute approximate surface area is 96.6 Å². The zero-order valence-electron chi connectivity index (χ0n) is 9.34. The minimum atomic E-state index is -4.88. The van der Waals surface area contributed by atoms with E-state index in [1.54, 1.807) is 24.3 Å². The third kappa shape index (κ3) is 3.37. The van der Waals surface area contributed by atoms with Crippen LogP contribution in [0.15, 0.2) is 24.3 Å². The molecule has 0 aromatic heterocycles. The number of carbonyl (C=O) groups excluding carboxylic acids is 1. The van der Waals surface area contributed by atoms with E-state index in [2.05, 4.69) is 0 Å². The maximum absolute atomic E-state index is 12.1. The molecule has 1 N–H and O–H groups in total. The second-order valence-corrected chi connectivity index (χ2v) is 3.43. The van der Waals surface area contributed by atoms with Crippen molar-refractivity contribution in [3.05, 3.63) is 29.8 Å². The van der Waals surface area contributed by atoms with Gasteiger partial charge in [-0.1, -0.05) is 18.2 Å². The molecule has 0 aliphatic heterocycles. The molecule has 0 saturated carbocycles. The number of rotatable bonds is 3. The van der Waals surface area contributed by atoms with Crippen LogP contribution in [0.2, 0.25) is 0 Å². The molecule has 0 fully saturated rings. The average Bonchev–Trinajstić information content (AvgIpc) is 2.27. The number of nitrogens with one attached hydrogen (secondary N) is 1. The summed E-state index contributed by atoms with van der Waals surface area (Å²) in [5.41, 5.74) is 0.493. The van der Waals surface area contributed by atoms with E-state index in [-0.39, 0.29) is 0 Å². The summed E-state index contributed by atoms with van der Waals surface area (Å²) >= 11 is 0. The number of benzene rings is 1. The van der Waals surface area contributed by atoms with Crippen molar-refractivity contribution in [3.63, 3.8) is 0 Å². The van der Waals surface area contributed by atoms with E-state index >= 15 is 0 Å². The number of carbonyl (C=O) groups is 1. The molecule has 0 spiro atoms. The lowest BCUT2D eigenvalue weighted by molar-refractivity contribution is -0.174. The summed E-state index contributed by atoms with van der Waals surface area (Å²) in [6.45, 7) is 1.46. The summed E-state index contributed by atoms with van der Waals surface area (Å²) in [7, 11) is 1.41. The highest BCUT2D eigenvalue weighted by Crippen LogP contribution is 2.25. The summed E-state index contributed by atoms with van der Waals surface area (Å²) in [5, 5.41) is 1.87. The fourth-order valence-electron chi connectivity index (χ4n) is 1.38. The molecule has 0 heterocycles. The van der Waals surface area contributed by atoms with Crippen molar-refractivity contribution in [1.29, 1.82) is 0 Å². The first-order valence-corrected chi connectivity index (χ1v) is 4.87. The van der Waals surface area contributed by atoms with Crippen molar-refractivity contribution in [2.45, 2.75) is 19.1 Å². The van der Waals surface area contributed by atoms with Gasteiger partial charge >= 0.3 is 12.1 Å². The highest BCUT2D eigenvalue weighted by molar-refractivity contribution is 5.82. The SMILES string of the molecule is COc1ccccc1C(C)NC(=O)C(F)(F)F. The van der Waals surface area contributed by atoms with Crippen LogP contribution in [0.4, 0.5) is 13.2 Å². The fourth-order valence-corrected chi connectivity index (χ4v) is 1.38. The average molecular weight is 247 g/mol. The lowest BCUT2D eigenvalue weighted by Gasteiger charge is -2.17. The summed E-state index contributed by atoms with van der Waals surface area (Å²) in [5.74, 6) is -1.53. The summed E-state index contributed by atoms with van der Waals surface area (Å²) in [6, 6.07) is 5.79. The van der Waals surface area contributed by atoms with Crippen molar-refractivity contribution in [3.8, 4) is 5.75 Å². The predicted molar refractivity (Wildman–Crippen MR) is 55.6 cm³/mol. The topological polar surface area (TPSA) is 38.3 Å². The quantitative estimate of drug-likeness (QED) is 0.890. The molecule has 1 amide bonds. The molecule has 1 rings (SSSR count).